The van der Waals surface area contributed by atoms with Crippen molar-refractivity contribution in [1.29, 1.82) is 0 Å². The van der Waals surface area contributed by atoms with Crippen LogP contribution in [-0.4, -0.2) is 74.8 Å². The van der Waals surface area contributed by atoms with Gasteiger partial charge in [-0.2, -0.15) is 14.5 Å². The van der Waals surface area contributed by atoms with Crippen molar-refractivity contribution >= 4 is 23.8 Å². The SMILES string of the molecule is Cc1ccc(/C=N/Nc2c(F)c(OCCN3CCOC3=O)nc(N3CCOCC3)c2F)cc1C. The van der Waals surface area contributed by atoms with Crippen LogP contribution in [0, 0.1) is 25.5 Å². The highest BCUT2D eigenvalue weighted by Crippen LogP contribution is 2.33. The second-order valence-corrected chi connectivity index (χ2v) is 8.01. The largest absolute Gasteiger partial charge is 0.474 e. The summed E-state index contributed by atoms with van der Waals surface area (Å²) in [6.07, 6.45) is 1.04. The van der Waals surface area contributed by atoms with Crippen LogP contribution in [0.25, 0.3) is 0 Å². The van der Waals surface area contributed by atoms with Crippen molar-refractivity contribution in [3.8, 4) is 5.88 Å². The zero-order valence-corrected chi connectivity index (χ0v) is 19.1. The van der Waals surface area contributed by atoms with E-state index in [4.69, 9.17) is 14.2 Å². The molecule has 2 aliphatic heterocycles. The van der Waals surface area contributed by atoms with Crippen LogP contribution in [0.15, 0.2) is 23.3 Å². The lowest BCUT2D eigenvalue weighted by Gasteiger charge is -2.29. The third-order valence-electron chi connectivity index (χ3n) is 5.71. The van der Waals surface area contributed by atoms with Crippen molar-refractivity contribution in [2.75, 3.05) is 62.9 Å². The molecule has 34 heavy (non-hydrogen) atoms. The number of nitrogens with zero attached hydrogens (tertiary/aromatic N) is 4. The summed E-state index contributed by atoms with van der Waals surface area (Å²) in [5, 5.41) is 4.03. The van der Waals surface area contributed by atoms with Crippen LogP contribution in [-0.2, 0) is 9.47 Å². The molecule has 0 saturated carbocycles. The zero-order valence-electron chi connectivity index (χ0n) is 19.1. The number of hydrazone groups is 1. The van der Waals surface area contributed by atoms with E-state index in [2.05, 4.69) is 15.5 Å². The number of pyridine rings is 1. The van der Waals surface area contributed by atoms with Crippen molar-refractivity contribution in [2.24, 2.45) is 5.10 Å². The fourth-order valence-corrected chi connectivity index (χ4v) is 3.59. The molecule has 2 fully saturated rings. The summed E-state index contributed by atoms with van der Waals surface area (Å²) in [7, 11) is 0. The minimum Gasteiger partial charge on any atom is -0.474 e. The van der Waals surface area contributed by atoms with Crippen molar-refractivity contribution in [1.82, 2.24) is 9.88 Å². The Morgan fingerprint density at radius 1 is 1.15 bits per heavy atom. The quantitative estimate of drug-likeness (QED) is 0.464. The number of nitrogens with one attached hydrogen (secondary N) is 1. The number of carbonyl (C=O) groups is 1. The van der Waals surface area contributed by atoms with Crippen molar-refractivity contribution < 1.29 is 27.8 Å². The van der Waals surface area contributed by atoms with Crippen molar-refractivity contribution in [2.45, 2.75) is 13.8 Å². The number of hydrogen-bond donors (Lipinski definition) is 1. The number of aryl methyl sites for hydroxylation is 2. The summed E-state index contributed by atoms with van der Waals surface area (Å²) < 4.78 is 46.2. The number of cyclic esters (lactones) is 1. The van der Waals surface area contributed by atoms with Gasteiger partial charge in [0, 0.05) is 13.1 Å². The van der Waals surface area contributed by atoms with Crippen LogP contribution in [0.5, 0.6) is 5.88 Å². The molecule has 0 spiro atoms. The average molecular weight is 475 g/mol. The Labute approximate surface area is 196 Å². The van der Waals surface area contributed by atoms with Gasteiger partial charge in [0.15, 0.2) is 11.6 Å². The van der Waals surface area contributed by atoms with E-state index in [0.717, 1.165) is 16.7 Å². The number of anilines is 2. The Kier molecular flexibility index (Phi) is 7.41. The second-order valence-electron chi connectivity index (χ2n) is 8.01. The number of aromatic nitrogens is 1. The van der Waals surface area contributed by atoms with Gasteiger partial charge in [-0.3, -0.25) is 5.43 Å². The van der Waals surface area contributed by atoms with Crippen LogP contribution in [0.3, 0.4) is 0 Å². The number of hydrogen-bond acceptors (Lipinski definition) is 8. The number of carbonyl (C=O) groups excluding carboxylic acids is 1. The smallest absolute Gasteiger partial charge is 0.410 e. The normalized spacial score (nSPS) is 16.3. The van der Waals surface area contributed by atoms with E-state index in [9.17, 15) is 4.79 Å². The third kappa shape index (κ3) is 5.36. The van der Waals surface area contributed by atoms with Crippen LogP contribution in [0.4, 0.5) is 25.1 Å². The lowest BCUT2D eigenvalue weighted by Crippen LogP contribution is -2.37. The standard InChI is InChI=1S/C23H27F2N5O4/c1-15-3-4-17(13-16(15)2)14-26-28-20-18(24)21(29-5-9-32-10-6-29)27-22(19(20)25)33-11-7-30-8-12-34-23(30)31/h3-4,13-14H,5-12H2,1-2H3,(H,27,28)/b26-14+. The molecule has 0 aliphatic carbocycles. The predicted molar refractivity (Wildman–Crippen MR) is 123 cm³/mol. The van der Waals surface area contributed by atoms with Gasteiger partial charge in [-0.05, 0) is 30.5 Å². The maximum Gasteiger partial charge on any atom is 0.410 e. The van der Waals surface area contributed by atoms with Gasteiger partial charge in [0.05, 0.1) is 32.5 Å². The van der Waals surface area contributed by atoms with E-state index in [-0.39, 0.29) is 24.8 Å². The van der Waals surface area contributed by atoms with Gasteiger partial charge >= 0.3 is 6.09 Å². The summed E-state index contributed by atoms with van der Waals surface area (Å²) in [5.74, 6) is -2.30. The van der Waals surface area contributed by atoms with Crippen LogP contribution < -0.4 is 15.1 Å². The molecule has 3 heterocycles. The first kappa shape index (κ1) is 23.7. The second kappa shape index (κ2) is 10.6. The molecule has 9 nitrogen and oxygen atoms in total. The highest BCUT2D eigenvalue weighted by atomic mass is 19.1. The Morgan fingerprint density at radius 3 is 2.65 bits per heavy atom. The molecule has 2 aliphatic rings. The van der Waals surface area contributed by atoms with Gasteiger partial charge in [-0.25, -0.2) is 9.18 Å². The highest BCUT2D eigenvalue weighted by Gasteiger charge is 2.27. The van der Waals surface area contributed by atoms with E-state index in [1.54, 1.807) is 4.90 Å². The molecule has 0 bridgehead atoms. The Hall–Kier alpha value is -3.47. The Morgan fingerprint density at radius 2 is 1.94 bits per heavy atom. The van der Waals surface area contributed by atoms with E-state index in [1.807, 2.05) is 32.0 Å². The van der Waals surface area contributed by atoms with E-state index in [1.165, 1.54) is 11.1 Å². The van der Waals surface area contributed by atoms with Gasteiger partial charge < -0.3 is 24.0 Å². The molecule has 2 aromatic rings. The van der Waals surface area contributed by atoms with E-state index in [0.29, 0.717) is 39.5 Å². The number of amides is 1. The molecule has 0 atom stereocenters. The molecule has 1 N–H and O–H groups in total. The first-order chi connectivity index (χ1) is 16.4. The number of ether oxygens (including phenoxy) is 3. The van der Waals surface area contributed by atoms with Gasteiger partial charge in [0.1, 0.15) is 18.9 Å². The number of rotatable bonds is 8. The van der Waals surface area contributed by atoms with Crippen LogP contribution in [0.1, 0.15) is 16.7 Å². The van der Waals surface area contributed by atoms with Crippen molar-refractivity contribution in [3.05, 3.63) is 46.5 Å². The van der Waals surface area contributed by atoms with Gasteiger partial charge in [-0.1, -0.05) is 18.2 Å². The molecule has 0 unspecified atom stereocenters. The molecule has 1 aromatic carbocycles. The molecule has 1 aromatic heterocycles. The predicted octanol–water partition coefficient (Wildman–Crippen LogP) is 3.09. The Balaban J connectivity index is 1.56. The number of halogens is 2. The summed E-state index contributed by atoms with van der Waals surface area (Å²) >= 11 is 0. The minimum absolute atomic E-state index is 0.0292. The topological polar surface area (TPSA) is 88.5 Å². The van der Waals surface area contributed by atoms with Crippen LogP contribution in [0.2, 0.25) is 0 Å². The minimum atomic E-state index is -1.00. The lowest BCUT2D eigenvalue weighted by atomic mass is 10.1. The summed E-state index contributed by atoms with van der Waals surface area (Å²) in [5.41, 5.74) is 5.01. The van der Waals surface area contributed by atoms with E-state index < -0.39 is 23.4 Å². The zero-order chi connectivity index (χ0) is 24.1. The van der Waals surface area contributed by atoms with Crippen LogP contribution >= 0.6 is 0 Å². The molecule has 2 saturated heterocycles. The molecular weight excluding hydrogens is 448 g/mol. The molecule has 182 valence electrons. The van der Waals surface area contributed by atoms with Gasteiger partial charge in [0.2, 0.25) is 5.82 Å². The first-order valence-electron chi connectivity index (χ1n) is 11.1. The van der Waals surface area contributed by atoms with E-state index >= 15 is 8.78 Å². The molecule has 1 amide bonds. The monoisotopic (exact) mass is 475 g/mol. The maximum absolute atomic E-state index is 15.3. The first-order valence-corrected chi connectivity index (χ1v) is 11.1. The van der Waals surface area contributed by atoms with Gasteiger partial charge in [-0.15, -0.1) is 0 Å². The average Bonchev–Trinajstić information content (AvgIpc) is 3.25. The number of morpholine rings is 1. The third-order valence-corrected chi connectivity index (χ3v) is 5.71. The fourth-order valence-electron chi connectivity index (χ4n) is 3.59. The molecule has 11 heteroatoms. The fraction of sp³-hybridized carbons (Fsp3) is 0.435. The maximum atomic E-state index is 15.3. The summed E-state index contributed by atoms with van der Waals surface area (Å²) in [4.78, 5) is 18.8. The lowest BCUT2D eigenvalue weighted by molar-refractivity contribution is 0.122. The van der Waals surface area contributed by atoms with Crippen molar-refractivity contribution in [3.63, 3.8) is 0 Å². The molecular formula is C23H27F2N5O4. The number of benzene rings is 1. The molecule has 0 radical (unpaired) electrons. The Bertz CT molecular complexity index is 1080. The summed E-state index contributed by atoms with van der Waals surface area (Å²) in [6, 6.07) is 5.74. The van der Waals surface area contributed by atoms with Gasteiger partial charge in [0.25, 0.3) is 5.88 Å². The highest BCUT2D eigenvalue weighted by molar-refractivity contribution is 5.80. The molecule has 4 rings (SSSR count). The summed E-state index contributed by atoms with van der Waals surface area (Å²) in [6.45, 7) is 6.48.